The monoisotopic (exact) mass is 373 g/mol. The topological polar surface area (TPSA) is 96.5 Å². The number of nitrogens with one attached hydrogen (secondary N) is 3. The van der Waals surface area contributed by atoms with Crippen molar-refractivity contribution in [3.8, 4) is 0 Å². The normalized spacial score (nSPS) is 10.0. The molecule has 2 amide bonds. The van der Waals surface area contributed by atoms with E-state index < -0.39 is 23.6 Å². The molecule has 27 heavy (non-hydrogen) atoms. The summed E-state index contributed by atoms with van der Waals surface area (Å²) in [6, 6.07) is 10.5. The molecule has 2 rings (SSSR count). The van der Waals surface area contributed by atoms with Gasteiger partial charge in [-0.1, -0.05) is 12.1 Å². The lowest BCUT2D eigenvalue weighted by Crippen LogP contribution is -2.23. The van der Waals surface area contributed by atoms with Gasteiger partial charge in [0.1, 0.15) is 5.82 Å². The number of carbonyl (C=O) groups is 3. The molecule has 7 nitrogen and oxygen atoms in total. The number of ether oxygens (including phenoxy) is 1. The van der Waals surface area contributed by atoms with Crippen LogP contribution in [0.4, 0.5) is 21.5 Å². The summed E-state index contributed by atoms with van der Waals surface area (Å²) in [5.74, 6) is -1.92. The second-order valence-electron chi connectivity index (χ2n) is 5.54. The van der Waals surface area contributed by atoms with Gasteiger partial charge in [0, 0.05) is 12.6 Å². The molecule has 0 aliphatic carbocycles. The predicted octanol–water partition coefficient (Wildman–Crippen LogP) is 3.01. The molecule has 0 aromatic heterocycles. The molecule has 0 spiro atoms. The van der Waals surface area contributed by atoms with E-state index >= 15 is 0 Å². The van der Waals surface area contributed by atoms with Gasteiger partial charge in [-0.3, -0.25) is 9.59 Å². The van der Waals surface area contributed by atoms with Gasteiger partial charge in [-0.05, 0) is 37.3 Å². The van der Waals surface area contributed by atoms with Crippen LogP contribution in [0.25, 0.3) is 0 Å². The van der Waals surface area contributed by atoms with Crippen molar-refractivity contribution < 1.29 is 23.5 Å². The zero-order chi connectivity index (χ0) is 19.8. The molecule has 0 aliphatic rings. The maximum atomic E-state index is 13.6. The van der Waals surface area contributed by atoms with E-state index in [1.807, 2.05) is 0 Å². The maximum Gasteiger partial charge on any atom is 0.340 e. The lowest BCUT2D eigenvalue weighted by molar-refractivity contribution is -0.115. The second-order valence-corrected chi connectivity index (χ2v) is 5.54. The van der Waals surface area contributed by atoms with E-state index in [0.29, 0.717) is 11.4 Å². The minimum atomic E-state index is -0.580. The van der Waals surface area contributed by atoms with Gasteiger partial charge in [0.05, 0.1) is 30.1 Å². The highest BCUT2D eigenvalue weighted by Gasteiger charge is 2.14. The van der Waals surface area contributed by atoms with Gasteiger partial charge in [0.15, 0.2) is 0 Å². The smallest absolute Gasteiger partial charge is 0.340 e. The summed E-state index contributed by atoms with van der Waals surface area (Å²) < 4.78 is 18.6. The first-order chi connectivity index (χ1) is 12.9. The molecule has 0 fully saturated rings. The zero-order valence-electron chi connectivity index (χ0n) is 15.0. The van der Waals surface area contributed by atoms with Crippen molar-refractivity contribution in [2.24, 2.45) is 0 Å². The van der Waals surface area contributed by atoms with Crippen LogP contribution in [0.1, 0.15) is 24.2 Å². The number of rotatable bonds is 7. The summed E-state index contributed by atoms with van der Waals surface area (Å²) in [7, 11) is 0. The number of halogens is 1. The molecule has 8 heteroatoms. The first-order valence-electron chi connectivity index (χ1n) is 8.27. The van der Waals surface area contributed by atoms with Crippen molar-refractivity contribution in [3.05, 3.63) is 53.8 Å². The van der Waals surface area contributed by atoms with E-state index in [1.165, 1.54) is 25.1 Å². The molecular formula is C19H20FN3O4. The fourth-order valence-corrected chi connectivity index (χ4v) is 2.28. The highest BCUT2D eigenvalue weighted by Crippen LogP contribution is 2.20. The Balaban J connectivity index is 2.01. The van der Waals surface area contributed by atoms with Crippen LogP contribution in [-0.2, 0) is 14.3 Å². The number of benzene rings is 2. The molecule has 0 heterocycles. The van der Waals surface area contributed by atoms with Gasteiger partial charge in [-0.2, -0.15) is 0 Å². The molecule has 0 bridgehead atoms. The third-order valence-electron chi connectivity index (χ3n) is 3.43. The fourth-order valence-electron chi connectivity index (χ4n) is 2.28. The Morgan fingerprint density at radius 1 is 1.04 bits per heavy atom. The van der Waals surface area contributed by atoms with Gasteiger partial charge in [-0.25, -0.2) is 9.18 Å². The van der Waals surface area contributed by atoms with Crippen molar-refractivity contribution in [3.63, 3.8) is 0 Å². The molecule has 0 unspecified atom stereocenters. The summed E-state index contributed by atoms with van der Waals surface area (Å²) in [5.41, 5.74) is 1.05. The molecule has 3 N–H and O–H groups in total. The Morgan fingerprint density at radius 3 is 2.48 bits per heavy atom. The zero-order valence-corrected chi connectivity index (χ0v) is 15.0. The highest BCUT2D eigenvalue weighted by atomic mass is 19.1. The Hall–Kier alpha value is -3.42. The van der Waals surface area contributed by atoms with E-state index in [2.05, 4.69) is 16.0 Å². The van der Waals surface area contributed by atoms with Crippen molar-refractivity contribution in [1.29, 1.82) is 0 Å². The van der Waals surface area contributed by atoms with Crippen LogP contribution in [0.15, 0.2) is 42.5 Å². The SMILES string of the molecule is CCOC(=O)c1ccccc1NC(=O)CNc1ccc(F)c(NC(C)=O)c1. The van der Waals surface area contributed by atoms with Crippen molar-refractivity contribution in [2.75, 3.05) is 29.1 Å². The molecular weight excluding hydrogens is 353 g/mol. The van der Waals surface area contributed by atoms with Gasteiger partial charge < -0.3 is 20.7 Å². The first-order valence-corrected chi connectivity index (χ1v) is 8.27. The van der Waals surface area contributed by atoms with Crippen molar-refractivity contribution in [2.45, 2.75) is 13.8 Å². The van der Waals surface area contributed by atoms with E-state index in [1.54, 1.807) is 31.2 Å². The summed E-state index contributed by atoms with van der Waals surface area (Å²) in [6.07, 6.45) is 0. The average Bonchev–Trinajstić information content (AvgIpc) is 2.62. The number of anilines is 3. The largest absolute Gasteiger partial charge is 0.462 e. The van der Waals surface area contributed by atoms with Gasteiger partial charge in [0.25, 0.3) is 0 Å². The summed E-state index contributed by atoms with van der Waals surface area (Å²) in [4.78, 5) is 35.2. The Kier molecular flexibility index (Phi) is 6.87. The number of hydrogen-bond donors (Lipinski definition) is 3. The molecule has 2 aromatic rings. The van der Waals surface area contributed by atoms with Gasteiger partial charge >= 0.3 is 5.97 Å². The van der Waals surface area contributed by atoms with Crippen LogP contribution >= 0.6 is 0 Å². The average molecular weight is 373 g/mol. The van der Waals surface area contributed by atoms with Crippen LogP contribution in [0.2, 0.25) is 0 Å². The van der Waals surface area contributed by atoms with E-state index in [9.17, 15) is 18.8 Å². The lowest BCUT2D eigenvalue weighted by atomic mass is 10.2. The minimum Gasteiger partial charge on any atom is -0.462 e. The molecule has 0 radical (unpaired) electrons. The van der Waals surface area contributed by atoms with Crippen LogP contribution in [0, 0.1) is 5.82 Å². The third kappa shape index (κ3) is 5.81. The molecule has 0 saturated heterocycles. The number of esters is 1. The summed E-state index contributed by atoms with van der Waals surface area (Å²) in [6.45, 7) is 3.07. The number of hydrogen-bond acceptors (Lipinski definition) is 5. The minimum absolute atomic E-state index is 0.0144. The molecule has 142 valence electrons. The number of para-hydroxylation sites is 1. The second kappa shape index (κ2) is 9.33. The Bertz CT molecular complexity index is 855. The van der Waals surface area contributed by atoms with Crippen LogP contribution in [0.3, 0.4) is 0 Å². The van der Waals surface area contributed by atoms with Crippen LogP contribution in [0.5, 0.6) is 0 Å². The van der Waals surface area contributed by atoms with E-state index in [0.717, 1.165) is 0 Å². The van der Waals surface area contributed by atoms with Crippen molar-refractivity contribution in [1.82, 2.24) is 0 Å². The van der Waals surface area contributed by atoms with E-state index in [4.69, 9.17) is 4.74 Å². The van der Waals surface area contributed by atoms with Crippen molar-refractivity contribution >= 4 is 34.8 Å². The lowest BCUT2D eigenvalue weighted by Gasteiger charge is -2.12. The third-order valence-corrected chi connectivity index (χ3v) is 3.43. The van der Waals surface area contributed by atoms with Crippen LogP contribution < -0.4 is 16.0 Å². The summed E-state index contributed by atoms with van der Waals surface area (Å²) >= 11 is 0. The maximum absolute atomic E-state index is 13.6. The fraction of sp³-hybridized carbons (Fsp3) is 0.211. The quantitative estimate of drug-likeness (QED) is 0.649. The summed E-state index contributed by atoms with van der Waals surface area (Å²) in [5, 5.41) is 7.83. The number of carbonyl (C=O) groups excluding carboxylic acids is 3. The molecule has 0 atom stereocenters. The van der Waals surface area contributed by atoms with Gasteiger partial charge in [0.2, 0.25) is 11.8 Å². The highest BCUT2D eigenvalue weighted by molar-refractivity contribution is 6.02. The Labute approximate surface area is 155 Å². The first kappa shape index (κ1) is 19.9. The Morgan fingerprint density at radius 2 is 1.78 bits per heavy atom. The van der Waals surface area contributed by atoms with E-state index in [-0.39, 0.29) is 24.4 Å². The number of amides is 2. The predicted molar refractivity (Wildman–Crippen MR) is 100 cm³/mol. The molecule has 0 saturated carbocycles. The van der Waals surface area contributed by atoms with Crippen LogP contribution in [-0.4, -0.2) is 30.9 Å². The molecule has 2 aromatic carbocycles. The van der Waals surface area contributed by atoms with Gasteiger partial charge in [-0.15, -0.1) is 0 Å². The molecule has 0 aliphatic heterocycles. The standard InChI is InChI=1S/C19H20FN3O4/c1-3-27-19(26)14-6-4-5-7-16(14)23-18(25)11-21-13-8-9-15(20)17(10-13)22-12(2)24/h4-10,21H,3,11H2,1-2H3,(H,22,24)(H,23,25).